The molecule has 40 heavy (non-hydrogen) atoms. The molecule has 10 heteroatoms. The molecule has 2 aromatic heterocycles. The van der Waals surface area contributed by atoms with Gasteiger partial charge < -0.3 is 20.6 Å². The third-order valence-corrected chi connectivity index (χ3v) is 6.64. The Morgan fingerprint density at radius 1 is 1.10 bits per heavy atom. The number of piperazine rings is 1. The number of rotatable bonds is 8. The van der Waals surface area contributed by atoms with E-state index in [0.29, 0.717) is 48.2 Å². The maximum Gasteiger partial charge on any atom is 0.247 e. The van der Waals surface area contributed by atoms with Crippen molar-refractivity contribution >= 4 is 39.8 Å². The Labute approximate surface area is 232 Å². The van der Waals surface area contributed by atoms with Crippen molar-refractivity contribution in [2.75, 3.05) is 48.3 Å². The molecule has 1 fully saturated rings. The number of aliphatic hydroxyl groups is 1. The minimum absolute atomic E-state index is 0.322. The van der Waals surface area contributed by atoms with Crippen molar-refractivity contribution in [3.8, 4) is 11.1 Å². The number of fused-ring (bicyclic) bond motifs is 1. The van der Waals surface area contributed by atoms with E-state index >= 15 is 4.39 Å². The van der Waals surface area contributed by atoms with Crippen LogP contribution in [0.15, 0.2) is 73.7 Å². The molecular weight excluding hydrogens is 509 g/mol. The molecule has 0 bridgehead atoms. The van der Waals surface area contributed by atoms with E-state index in [4.69, 9.17) is 4.98 Å². The van der Waals surface area contributed by atoms with Gasteiger partial charge in [-0.25, -0.2) is 14.4 Å². The van der Waals surface area contributed by atoms with Gasteiger partial charge in [0.25, 0.3) is 0 Å². The van der Waals surface area contributed by atoms with E-state index in [-0.39, 0.29) is 11.7 Å². The Kier molecular flexibility index (Phi) is 7.72. The zero-order valence-electron chi connectivity index (χ0n) is 22.6. The smallest absolute Gasteiger partial charge is 0.247 e. The highest BCUT2D eigenvalue weighted by molar-refractivity contribution is 6.00. The number of halogens is 1. The van der Waals surface area contributed by atoms with Gasteiger partial charge in [0.05, 0.1) is 28.7 Å². The quantitative estimate of drug-likeness (QED) is 0.278. The maximum atomic E-state index is 15.2. The summed E-state index contributed by atoms with van der Waals surface area (Å²) in [5.41, 5.74) is 3.15. The van der Waals surface area contributed by atoms with Crippen LogP contribution in [-0.4, -0.2) is 69.2 Å². The zero-order valence-corrected chi connectivity index (χ0v) is 22.6. The summed E-state index contributed by atoms with van der Waals surface area (Å²) in [6.07, 6.45) is 6.17. The molecule has 9 nitrogen and oxygen atoms in total. The molecule has 206 valence electrons. The van der Waals surface area contributed by atoms with Gasteiger partial charge in [-0.3, -0.25) is 14.7 Å². The first-order chi connectivity index (χ1) is 19.2. The van der Waals surface area contributed by atoms with Gasteiger partial charge in [-0.2, -0.15) is 0 Å². The van der Waals surface area contributed by atoms with Crippen molar-refractivity contribution in [2.45, 2.75) is 19.4 Å². The third kappa shape index (κ3) is 6.41. The van der Waals surface area contributed by atoms with Crippen LogP contribution in [0.2, 0.25) is 0 Å². The zero-order chi connectivity index (χ0) is 28.3. The maximum absolute atomic E-state index is 15.2. The number of amides is 1. The molecule has 4 aromatic rings. The van der Waals surface area contributed by atoms with Crippen molar-refractivity contribution in [3.63, 3.8) is 0 Å². The molecule has 1 aliphatic rings. The van der Waals surface area contributed by atoms with Gasteiger partial charge in [-0.1, -0.05) is 24.8 Å². The fraction of sp³-hybridized carbons (Fsp3) is 0.267. The molecule has 0 unspecified atom stereocenters. The Morgan fingerprint density at radius 3 is 2.62 bits per heavy atom. The molecule has 3 N–H and O–H groups in total. The lowest BCUT2D eigenvalue weighted by molar-refractivity contribution is -0.111. The first-order valence-corrected chi connectivity index (χ1v) is 13.1. The van der Waals surface area contributed by atoms with Crippen LogP contribution in [-0.2, 0) is 4.79 Å². The van der Waals surface area contributed by atoms with Crippen LogP contribution in [0.4, 0.5) is 27.4 Å². The molecule has 3 heterocycles. The number of hydrogen-bond donors (Lipinski definition) is 3. The van der Waals surface area contributed by atoms with Crippen LogP contribution in [0.3, 0.4) is 0 Å². The van der Waals surface area contributed by atoms with E-state index in [1.54, 1.807) is 38.5 Å². The topological polar surface area (TPSA) is 107 Å². The number of anilines is 4. The lowest BCUT2D eigenvalue weighted by Crippen LogP contribution is -2.50. The highest BCUT2D eigenvalue weighted by Gasteiger charge is 2.24. The summed E-state index contributed by atoms with van der Waals surface area (Å²) >= 11 is 0. The minimum atomic E-state index is -0.754. The third-order valence-electron chi connectivity index (χ3n) is 6.64. The van der Waals surface area contributed by atoms with Gasteiger partial charge in [-0.15, -0.1) is 0 Å². The van der Waals surface area contributed by atoms with Crippen molar-refractivity contribution in [1.29, 1.82) is 0 Å². The van der Waals surface area contributed by atoms with Crippen LogP contribution >= 0.6 is 0 Å². The molecule has 1 aliphatic heterocycles. The van der Waals surface area contributed by atoms with Crippen molar-refractivity contribution in [2.24, 2.45) is 0 Å². The normalized spacial score (nSPS) is 14.2. The largest absolute Gasteiger partial charge is 0.389 e. The molecule has 2 aromatic carbocycles. The van der Waals surface area contributed by atoms with Crippen LogP contribution in [0.25, 0.3) is 22.0 Å². The van der Waals surface area contributed by atoms with E-state index in [9.17, 15) is 9.90 Å². The molecule has 1 amide bonds. The monoisotopic (exact) mass is 541 g/mol. The van der Waals surface area contributed by atoms with Gasteiger partial charge in [0.2, 0.25) is 11.9 Å². The molecular formula is C30H32FN7O2. The summed E-state index contributed by atoms with van der Waals surface area (Å²) in [5.74, 6) is -0.319. The fourth-order valence-corrected chi connectivity index (χ4v) is 4.86. The van der Waals surface area contributed by atoms with Crippen LogP contribution < -0.4 is 15.5 Å². The number of carbonyl (C=O) groups is 1. The lowest BCUT2D eigenvalue weighted by atomic mass is 10.0. The number of para-hydroxylation sites is 1. The average molecular weight is 542 g/mol. The predicted molar refractivity (Wildman–Crippen MR) is 156 cm³/mol. The Bertz CT molecular complexity index is 1550. The second-order valence-electron chi connectivity index (χ2n) is 10.5. The summed E-state index contributed by atoms with van der Waals surface area (Å²) < 4.78 is 15.2. The van der Waals surface area contributed by atoms with Gasteiger partial charge in [0.1, 0.15) is 5.82 Å². The summed E-state index contributed by atoms with van der Waals surface area (Å²) in [7, 11) is 0. The number of hydrogen-bond acceptors (Lipinski definition) is 8. The van der Waals surface area contributed by atoms with Gasteiger partial charge in [0.15, 0.2) is 0 Å². The number of carbonyl (C=O) groups excluding carboxylic acids is 1. The summed E-state index contributed by atoms with van der Waals surface area (Å²) in [6, 6.07) is 12.6. The van der Waals surface area contributed by atoms with E-state index in [0.717, 1.165) is 29.6 Å². The van der Waals surface area contributed by atoms with E-state index in [1.165, 1.54) is 12.1 Å². The summed E-state index contributed by atoms with van der Waals surface area (Å²) in [4.78, 5) is 29.3. The molecule has 0 aliphatic carbocycles. The van der Waals surface area contributed by atoms with Gasteiger partial charge in [0, 0.05) is 67.3 Å². The Hall–Kier alpha value is -4.41. The highest BCUT2D eigenvalue weighted by atomic mass is 19.1. The predicted octanol–water partition coefficient (Wildman–Crippen LogP) is 4.59. The molecule has 0 atom stereocenters. The number of pyridine rings is 1. The Balaban J connectivity index is 1.34. The molecule has 1 saturated heterocycles. The van der Waals surface area contributed by atoms with Gasteiger partial charge >= 0.3 is 0 Å². The number of benzene rings is 2. The highest BCUT2D eigenvalue weighted by Crippen LogP contribution is 2.30. The molecule has 0 spiro atoms. The lowest BCUT2D eigenvalue weighted by Gasteiger charge is -2.38. The first kappa shape index (κ1) is 27.2. The number of nitrogens with zero attached hydrogens (tertiary/aromatic N) is 5. The molecule has 5 rings (SSSR count). The second kappa shape index (κ2) is 11.4. The van der Waals surface area contributed by atoms with Crippen LogP contribution in [0.5, 0.6) is 0 Å². The Morgan fingerprint density at radius 2 is 1.90 bits per heavy atom. The molecule has 0 radical (unpaired) electrons. The second-order valence-corrected chi connectivity index (χ2v) is 10.5. The van der Waals surface area contributed by atoms with E-state index in [1.807, 2.05) is 35.2 Å². The first-order valence-electron chi connectivity index (χ1n) is 13.1. The SMILES string of the molecule is C=CC(=O)Nc1cncc(-c2cccc3cnc(Nc4ccc(N5CCN(CC(C)(C)O)CC5)c(F)c4)nc23)c1. The minimum Gasteiger partial charge on any atom is -0.389 e. The van der Waals surface area contributed by atoms with Crippen molar-refractivity contribution < 1.29 is 14.3 Å². The summed E-state index contributed by atoms with van der Waals surface area (Å²) in [5, 5.41) is 16.7. The van der Waals surface area contributed by atoms with Crippen molar-refractivity contribution in [3.05, 3.63) is 79.5 Å². The van der Waals surface area contributed by atoms with Crippen LogP contribution in [0, 0.1) is 5.82 Å². The number of β-amino-alcohol motifs (C(OH)–C–C–N with tert-alkyl or cyclic N) is 1. The van der Waals surface area contributed by atoms with Crippen molar-refractivity contribution in [1.82, 2.24) is 19.9 Å². The van der Waals surface area contributed by atoms with Gasteiger partial charge in [-0.05, 0) is 44.2 Å². The van der Waals surface area contributed by atoms with E-state index in [2.05, 4.69) is 32.1 Å². The summed E-state index contributed by atoms with van der Waals surface area (Å²) in [6.45, 7) is 10.6. The standard InChI is InChI=1S/C30H32FN7O2/c1-4-27(39)34-23-14-21(16-32-18-23)24-7-5-6-20-17-33-29(36-28(20)24)35-22-8-9-26(25(31)15-22)38-12-10-37(11-13-38)19-30(2,3)40/h4-9,14-18,40H,1,10-13,19H2,2-3H3,(H,34,39)(H,33,35,36). The fourth-order valence-electron chi connectivity index (χ4n) is 4.86. The van der Waals surface area contributed by atoms with E-state index < -0.39 is 5.60 Å². The number of aromatic nitrogens is 3. The van der Waals surface area contributed by atoms with Crippen LogP contribution in [0.1, 0.15) is 13.8 Å². The number of nitrogens with one attached hydrogen (secondary N) is 2. The molecule has 0 saturated carbocycles. The average Bonchev–Trinajstić information content (AvgIpc) is 2.92.